The smallest absolute Gasteiger partial charge is 0.341 e. The summed E-state index contributed by atoms with van der Waals surface area (Å²) in [6.07, 6.45) is 0. The first-order valence-corrected chi connectivity index (χ1v) is 9.11. The van der Waals surface area contributed by atoms with Gasteiger partial charge in [0.15, 0.2) is 11.5 Å². The van der Waals surface area contributed by atoms with E-state index in [9.17, 15) is 9.18 Å². The fourth-order valence-corrected chi connectivity index (χ4v) is 3.38. The zero-order chi connectivity index (χ0) is 20.1. The summed E-state index contributed by atoms with van der Waals surface area (Å²) in [5, 5.41) is 2.46. The number of para-hydroxylation sites is 1. The first kappa shape index (κ1) is 19.6. The molecule has 0 aliphatic rings. The number of carbonyl (C=O) groups is 1. The minimum absolute atomic E-state index is 0.0763. The number of rotatable bonds is 7. The quantitative estimate of drug-likeness (QED) is 0.547. The molecule has 0 spiro atoms. The second-order valence-corrected chi connectivity index (χ2v) is 6.47. The van der Waals surface area contributed by atoms with Gasteiger partial charge in [0.1, 0.15) is 23.2 Å². The van der Waals surface area contributed by atoms with Gasteiger partial charge in [-0.25, -0.2) is 14.2 Å². The monoisotopic (exact) mass is 403 g/mol. The number of esters is 1. The lowest BCUT2D eigenvalue weighted by molar-refractivity contribution is 0.0463. The van der Waals surface area contributed by atoms with Crippen LogP contribution in [0, 0.1) is 5.82 Å². The molecule has 0 saturated heterocycles. The first-order valence-electron chi connectivity index (χ1n) is 8.23. The molecule has 28 heavy (non-hydrogen) atoms. The second-order valence-electron chi connectivity index (χ2n) is 5.61. The van der Waals surface area contributed by atoms with Gasteiger partial charge in [-0.1, -0.05) is 6.07 Å². The molecule has 0 unspecified atom stereocenters. The molecule has 0 fully saturated rings. The van der Waals surface area contributed by atoms with Crippen molar-refractivity contribution in [2.45, 2.75) is 6.61 Å². The summed E-state index contributed by atoms with van der Waals surface area (Å²) < 4.78 is 34.8. The van der Waals surface area contributed by atoms with E-state index in [0.29, 0.717) is 28.0 Å². The van der Waals surface area contributed by atoms with E-state index in [1.54, 1.807) is 25.7 Å². The van der Waals surface area contributed by atoms with Crippen LogP contribution in [0.25, 0.3) is 10.6 Å². The average molecular weight is 403 g/mol. The first-order chi connectivity index (χ1) is 13.6. The molecule has 0 aliphatic heterocycles. The van der Waals surface area contributed by atoms with Gasteiger partial charge in [-0.15, -0.1) is 11.3 Å². The van der Waals surface area contributed by atoms with Crippen molar-refractivity contribution in [3.63, 3.8) is 0 Å². The second kappa shape index (κ2) is 8.71. The van der Waals surface area contributed by atoms with Gasteiger partial charge in [0.2, 0.25) is 0 Å². The Balaban J connectivity index is 1.73. The minimum Gasteiger partial charge on any atom is -0.497 e. The van der Waals surface area contributed by atoms with Crippen LogP contribution in [0.15, 0.2) is 41.8 Å². The summed E-state index contributed by atoms with van der Waals surface area (Å²) >= 11 is 1.38. The van der Waals surface area contributed by atoms with Crippen molar-refractivity contribution in [1.82, 2.24) is 4.98 Å². The Bertz CT molecular complexity index is 988. The fourth-order valence-electron chi connectivity index (χ4n) is 2.56. The van der Waals surface area contributed by atoms with Crippen LogP contribution in [0.5, 0.6) is 17.2 Å². The Labute approximate surface area is 165 Å². The molecular formula is C20H18FNO5S. The predicted molar refractivity (Wildman–Crippen MR) is 103 cm³/mol. The maximum Gasteiger partial charge on any atom is 0.341 e. The van der Waals surface area contributed by atoms with E-state index in [1.165, 1.54) is 30.6 Å². The number of carbonyl (C=O) groups excluding carboxylic acids is 1. The number of benzene rings is 2. The Morgan fingerprint density at radius 2 is 1.93 bits per heavy atom. The van der Waals surface area contributed by atoms with Crippen molar-refractivity contribution in [1.29, 1.82) is 0 Å². The number of ether oxygens (including phenoxy) is 4. The fraction of sp³-hybridized carbons (Fsp3) is 0.200. The number of hydrogen-bond acceptors (Lipinski definition) is 7. The van der Waals surface area contributed by atoms with Crippen molar-refractivity contribution < 1.29 is 28.1 Å². The largest absolute Gasteiger partial charge is 0.497 e. The third kappa shape index (κ3) is 4.07. The van der Waals surface area contributed by atoms with Gasteiger partial charge in [0.25, 0.3) is 0 Å². The third-order valence-corrected chi connectivity index (χ3v) is 4.86. The maximum atomic E-state index is 14.0. The summed E-state index contributed by atoms with van der Waals surface area (Å²) in [5.41, 5.74) is 1.16. The lowest BCUT2D eigenvalue weighted by Crippen LogP contribution is -2.08. The lowest BCUT2D eigenvalue weighted by Gasteiger charge is -2.10. The summed E-state index contributed by atoms with van der Waals surface area (Å²) in [4.78, 5) is 16.6. The molecule has 3 rings (SSSR count). The molecule has 0 saturated carbocycles. The molecule has 3 aromatic rings. The van der Waals surface area contributed by atoms with Crippen LogP contribution in [-0.4, -0.2) is 32.3 Å². The maximum absolute atomic E-state index is 14.0. The summed E-state index contributed by atoms with van der Waals surface area (Å²) in [7, 11) is 4.54. The molecule has 1 heterocycles. The molecule has 1 aromatic heterocycles. The Hall–Kier alpha value is -3.13. The number of halogens is 1. The van der Waals surface area contributed by atoms with Gasteiger partial charge in [0, 0.05) is 11.4 Å². The summed E-state index contributed by atoms with van der Waals surface area (Å²) in [6, 6.07) is 9.45. The highest BCUT2D eigenvalue weighted by atomic mass is 32.1. The number of thiazole rings is 1. The van der Waals surface area contributed by atoms with Crippen LogP contribution in [0.2, 0.25) is 0 Å². The minimum atomic E-state index is -0.770. The molecule has 146 valence electrons. The van der Waals surface area contributed by atoms with Crippen molar-refractivity contribution >= 4 is 17.3 Å². The van der Waals surface area contributed by atoms with Gasteiger partial charge in [-0.05, 0) is 24.3 Å². The van der Waals surface area contributed by atoms with Crippen LogP contribution in [0.1, 0.15) is 16.1 Å². The van der Waals surface area contributed by atoms with E-state index < -0.39 is 11.8 Å². The topological polar surface area (TPSA) is 66.9 Å². The number of aromatic nitrogens is 1. The molecule has 0 amide bonds. The van der Waals surface area contributed by atoms with Crippen LogP contribution in [0.4, 0.5) is 4.39 Å². The van der Waals surface area contributed by atoms with Gasteiger partial charge < -0.3 is 18.9 Å². The van der Waals surface area contributed by atoms with Crippen LogP contribution >= 0.6 is 11.3 Å². The lowest BCUT2D eigenvalue weighted by atomic mass is 10.2. The van der Waals surface area contributed by atoms with Crippen molar-refractivity contribution in [3.8, 4) is 27.8 Å². The van der Waals surface area contributed by atoms with E-state index in [2.05, 4.69) is 4.98 Å². The third-order valence-electron chi connectivity index (χ3n) is 3.93. The molecule has 2 aromatic carbocycles. The van der Waals surface area contributed by atoms with E-state index in [1.807, 2.05) is 12.1 Å². The van der Waals surface area contributed by atoms with Crippen molar-refractivity contribution in [2.24, 2.45) is 0 Å². The Kier molecular flexibility index (Phi) is 6.10. The highest BCUT2D eigenvalue weighted by molar-refractivity contribution is 7.13. The SMILES string of the molecule is COc1ccc(C(=O)OCc2csc(-c3cccc(OC)c3OC)n2)c(F)c1. The average Bonchev–Trinajstić information content (AvgIpc) is 3.20. The van der Waals surface area contributed by atoms with Gasteiger partial charge >= 0.3 is 5.97 Å². The Morgan fingerprint density at radius 1 is 1.11 bits per heavy atom. The highest BCUT2D eigenvalue weighted by Gasteiger charge is 2.17. The van der Waals surface area contributed by atoms with E-state index in [4.69, 9.17) is 18.9 Å². The van der Waals surface area contributed by atoms with Crippen molar-refractivity contribution in [3.05, 3.63) is 58.9 Å². The van der Waals surface area contributed by atoms with E-state index >= 15 is 0 Å². The summed E-state index contributed by atoms with van der Waals surface area (Å²) in [5.74, 6) is 0.0184. The molecule has 0 N–H and O–H groups in total. The molecule has 8 heteroatoms. The number of methoxy groups -OCH3 is 3. The number of hydrogen-bond donors (Lipinski definition) is 0. The van der Waals surface area contributed by atoms with Crippen molar-refractivity contribution in [2.75, 3.05) is 21.3 Å². The standard InChI is InChI=1S/C20H18FNO5S/c1-24-13-7-8-14(16(21)9-13)20(23)27-10-12-11-28-19(22-12)15-5-4-6-17(25-2)18(15)26-3/h4-9,11H,10H2,1-3H3. The van der Waals surface area contributed by atoms with Gasteiger partial charge in [-0.3, -0.25) is 0 Å². The zero-order valence-electron chi connectivity index (χ0n) is 15.5. The van der Waals surface area contributed by atoms with Crippen LogP contribution in [0.3, 0.4) is 0 Å². The van der Waals surface area contributed by atoms with Gasteiger partial charge in [0.05, 0.1) is 38.2 Å². The molecule has 0 bridgehead atoms. The van der Waals surface area contributed by atoms with Gasteiger partial charge in [-0.2, -0.15) is 0 Å². The molecule has 0 atom stereocenters. The predicted octanol–water partition coefficient (Wildman–Crippen LogP) is 4.33. The molecule has 6 nitrogen and oxygen atoms in total. The highest BCUT2D eigenvalue weighted by Crippen LogP contribution is 2.39. The normalized spacial score (nSPS) is 10.4. The molecule has 0 radical (unpaired) electrons. The van der Waals surface area contributed by atoms with Crippen LogP contribution < -0.4 is 14.2 Å². The number of nitrogens with zero attached hydrogens (tertiary/aromatic N) is 1. The van der Waals surface area contributed by atoms with E-state index in [0.717, 1.165) is 11.6 Å². The van der Waals surface area contributed by atoms with Crippen LogP contribution in [-0.2, 0) is 11.3 Å². The molecule has 0 aliphatic carbocycles. The zero-order valence-corrected chi connectivity index (χ0v) is 16.3. The summed E-state index contributed by atoms with van der Waals surface area (Å²) in [6.45, 7) is -0.0763. The Morgan fingerprint density at radius 3 is 2.61 bits per heavy atom. The molecular weight excluding hydrogens is 385 g/mol. The van der Waals surface area contributed by atoms with E-state index in [-0.39, 0.29) is 12.2 Å².